The molecule has 4 aromatic rings. The maximum atomic E-state index is 14.1. The van der Waals surface area contributed by atoms with E-state index < -0.39 is 23.4 Å². The van der Waals surface area contributed by atoms with Crippen LogP contribution < -0.4 is 16.0 Å². The molecule has 2 aliphatic rings. The molecule has 0 aromatic carbocycles. The molecule has 1 aliphatic carbocycles. The van der Waals surface area contributed by atoms with Gasteiger partial charge in [-0.1, -0.05) is 0 Å². The first-order valence-electron chi connectivity index (χ1n) is 11.9. The number of hydrogen-bond acceptors (Lipinski definition) is 8. The van der Waals surface area contributed by atoms with E-state index in [0.29, 0.717) is 23.4 Å². The molecular formula is C25H23F3N8. The van der Waals surface area contributed by atoms with Crippen molar-refractivity contribution in [2.45, 2.75) is 37.6 Å². The highest BCUT2D eigenvalue weighted by atomic mass is 19.2. The van der Waals surface area contributed by atoms with E-state index in [1.165, 1.54) is 6.20 Å². The van der Waals surface area contributed by atoms with Gasteiger partial charge in [0.25, 0.3) is 5.95 Å². The average Bonchev–Trinajstić information content (AvgIpc) is 3.73. The summed E-state index contributed by atoms with van der Waals surface area (Å²) in [5, 5.41) is 10.6. The third-order valence-electron chi connectivity index (χ3n) is 6.48. The number of aromatic nitrogens is 5. The molecule has 0 atom stereocenters. The quantitative estimate of drug-likeness (QED) is 0.334. The van der Waals surface area contributed by atoms with Crippen molar-refractivity contribution in [1.29, 1.82) is 0 Å². The fourth-order valence-corrected chi connectivity index (χ4v) is 4.50. The second-order valence-corrected chi connectivity index (χ2v) is 9.11. The molecule has 0 radical (unpaired) electrons. The van der Waals surface area contributed by atoms with Crippen LogP contribution in [0.25, 0.3) is 22.3 Å². The summed E-state index contributed by atoms with van der Waals surface area (Å²) in [7, 11) is 0. The number of fused-ring (bicyclic) bond motifs is 1. The highest BCUT2D eigenvalue weighted by molar-refractivity contribution is 5.93. The summed E-state index contributed by atoms with van der Waals surface area (Å²) in [6.45, 7) is 1.89. The monoisotopic (exact) mass is 492 g/mol. The molecule has 4 aromatic heterocycles. The lowest BCUT2D eigenvalue weighted by Crippen LogP contribution is -2.35. The molecule has 0 unspecified atom stereocenters. The normalized spacial score (nSPS) is 16.3. The molecule has 1 saturated heterocycles. The number of piperidine rings is 1. The first-order chi connectivity index (χ1) is 17.5. The van der Waals surface area contributed by atoms with Crippen LogP contribution in [-0.2, 0) is 0 Å². The Bertz CT molecular complexity index is 1440. The van der Waals surface area contributed by atoms with E-state index in [1.54, 1.807) is 18.3 Å². The Labute approximate surface area is 204 Å². The van der Waals surface area contributed by atoms with E-state index in [2.05, 4.69) is 30.9 Å². The Balaban J connectivity index is 1.39. The van der Waals surface area contributed by atoms with Crippen molar-refractivity contribution in [2.24, 2.45) is 0 Å². The molecule has 1 aliphatic heterocycles. The van der Waals surface area contributed by atoms with Crippen molar-refractivity contribution in [3.63, 3.8) is 0 Å². The Morgan fingerprint density at radius 2 is 1.72 bits per heavy atom. The second kappa shape index (κ2) is 9.30. The van der Waals surface area contributed by atoms with Gasteiger partial charge in [0.1, 0.15) is 11.6 Å². The molecule has 3 N–H and O–H groups in total. The van der Waals surface area contributed by atoms with Gasteiger partial charge in [-0.05, 0) is 62.4 Å². The molecule has 184 valence electrons. The van der Waals surface area contributed by atoms with Crippen LogP contribution in [0, 0.1) is 17.6 Å². The highest BCUT2D eigenvalue weighted by Gasteiger charge is 2.28. The molecule has 1 saturated carbocycles. The van der Waals surface area contributed by atoms with E-state index >= 15 is 0 Å². The van der Waals surface area contributed by atoms with Crippen molar-refractivity contribution >= 4 is 28.4 Å². The number of nitrogens with one attached hydrogen (secondary N) is 3. The summed E-state index contributed by atoms with van der Waals surface area (Å²) < 4.78 is 40.9. The molecule has 0 amide bonds. The van der Waals surface area contributed by atoms with Gasteiger partial charge < -0.3 is 16.0 Å². The van der Waals surface area contributed by atoms with Crippen molar-refractivity contribution in [2.75, 3.05) is 23.7 Å². The Morgan fingerprint density at radius 3 is 2.53 bits per heavy atom. The first-order valence-corrected chi connectivity index (χ1v) is 11.9. The van der Waals surface area contributed by atoms with Crippen molar-refractivity contribution in [3.05, 3.63) is 59.9 Å². The van der Waals surface area contributed by atoms with Gasteiger partial charge in [-0.15, -0.1) is 0 Å². The van der Waals surface area contributed by atoms with E-state index in [0.717, 1.165) is 61.1 Å². The van der Waals surface area contributed by atoms with Crippen LogP contribution in [0.4, 0.5) is 30.6 Å². The third kappa shape index (κ3) is 4.53. The molecule has 6 rings (SSSR count). The summed E-state index contributed by atoms with van der Waals surface area (Å²) in [5.41, 5.74) is 2.51. The van der Waals surface area contributed by atoms with E-state index in [9.17, 15) is 13.2 Å². The summed E-state index contributed by atoms with van der Waals surface area (Å²) in [6.07, 6.45) is 9.38. The van der Waals surface area contributed by atoms with Crippen LogP contribution in [0.5, 0.6) is 0 Å². The Hall–Kier alpha value is -3.86. The molecule has 0 bridgehead atoms. The predicted octanol–water partition coefficient (Wildman–Crippen LogP) is 4.68. The molecular weight excluding hydrogens is 469 g/mol. The number of hydrogen-bond donors (Lipinski definition) is 3. The first kappa shape index (κ1) is 22.6. The molecule has 36 heavy (non-hydrogen) atoms. The number of rotatable bonds is 6. The fraction of sp³-hybridized carbons (Fsp3) is 0.320. The molecule has 8 nitrogen and oxygen atoms in total. The van der Waals surface area contributed by atoms with Crippen LogP contribution in [0.15, 0.2) is 36.8 Å². The van der Waals surface area contributed by atoms with Gasteiger partial charge >= 0.3 is 0 Å². The maximum Gasteiger partial charge on any atom is 0.251 e. The summed E-state index contributed by atoms with van der Waals surface area (Å²) in [5.74, 6) is -2.40. The van der Waals surface area contributed by atoms with Gasteiger partial charge in [-0.25, -0.2) is 23.7 Å². The van der Waals surface area contributed by atoms with Crippen LogP contribution in [-0.4, -0.2) is 44.1 Å². The van der Waals surface area contributed by atoms with Crippen LogP contribution in [0.2, 0.25) is 0 Å². The van der Waals surface area contributed by atoms with Crippen LogP contribution in [0.3, 0.4) is 0 Å². The van der Waals surface area contributed by atoms with Gasteiger partial charge in [0.15, 0.2) is 23.3 Å². The number of halogens is 3. The highest BCUT2D eigenvalue weighted by Crippen LogP contribution is 2.44. The summed E-state index contributed by atoms with van der Waals surface area (Å²) >= 11 is 0. The number of anilines is 3. The zero-order chi connectivity index (χ0) is 24.6. The third-order valence-corrected chi connectivity index (χ3v) is 6.48. The SMILES string of the molecule is Fc1cc(F)c(Nc2cc(-c3nc(NC4CCNCC4)c4c(C5CC5)cncc4n3)ccn2)nc1F. The minimum absolute atomic E-state index is 0.186. The van der Waals surface area contributed by atoms with Gasteiger partial charge in [-0.2, -0.15) is 9.37 Å². The minimum Gasteiger partial charge on any atom is -0.367 e. The zero-order valence-electron chi connectivity index (χ0n) is 19.2. The fourth-order valence-electron chi connectivity index (χ4n) is 4.50. The van der Waals surface area contributed by atoms with Gasteiger partial charge in [-0.3, -0.25) is 4.98 Å². The van der Waals surface area contributed by atoms with Crippen molar-refractivity contribution in [3.8, 4) is 11.4 Å². The largest absolute Gasteiger partial charge is 0.367 e. The molecule has 5 heterocycles. The lowest BCUT2D eigenvalue weighted by Gasteiger charge is -2.25. The number of pyridine rings is 3. The minimum atomic E-state index is -1.40. The second-order valence-electron chi connectivity index (χ2n) is 9.11. The summed E-state index contributed by atoms with van der Waals surface area (Å²) in [4.78, 5) is 21.6. The van der Waals surface area contributed by atoms with Crippen LogP contribution in [0.1, 0.15) is 37.2 Å². The molecule has 2 fully saturated rings. The maximum absolute atomic E-state index is 14.1. The molecule has 0 spiro atoms. The Kier molecular flexibility index (Phi) is 5.84. The number of nitrogens with zero attached hydrogens (tertiary/aromatic N) is 5. The van der Waals surface area contributed by atoms with E-state index in [-0.39, 0.29) is 11.9 Å². The Morgan fingerprint density at radius 1 is 0.889 bits per heavy atom. The van der Waals surface area contributed by atoms with Crippen molar-refractivity contribution in [1.82, 2.24) is 30.2 Å². The van der Waals surface area contributed by atoms with Crippen LogP contribution >= 0.6 is 0 Å². The van der Waals surface area contributed by atoms with Crippen molar-refractivity contribution < 1.29 is 13.2 Å². The van der Waals surface area contributed by atoms with E-state index in [1.807, 2.05) is 6.20 Å². The standard InChI is InChI=1S/C25H23F3N8/c26-17-10-18(27)24(35-22(17)28)34-20-9-14(3-8-31-20)23-33-19-12-30-11-16(13-1-2-13)21(19)25(36-23)32-15-4-6-29-7-5-15/h3,8-13,15,29H,1-2,4-7H2,(H,31,34,35)(H,32,33,36). The molecule has 11 heteroatoms. The van der Waals surface area contributed by atoms with E-state index in [4.69, 9.17) is 9.97 Å². The summed E-state index contributed by atoms with van der Waals surface area (Å²) in [6, 6.07) is 4.06. The van der Waals surface area contributed by atoms with Gasteiger partial charge in [0.2, 0.25) is 0 Å². The van der Waals surface area contributed by atoms with Gasteiger partial charge in [0.05, 0.1) is 11.7 Å². The average molecular weight is 493 g/mol. The smallest absolute Gasteiger partial charge is 0.251 e. The zero-order valence-corrected chi connectivity index (χ0v) is 19.2. The lowest BCUT2D eigenvalue weighted by atomic mass is 10.0. The topological polar surface area (TPSA) is 101 Å². The predicted molar refractivity (Wildman–Crippen MR) is 129 cm³/mol. The van der Waals surface area contributed by atoms with Gasteiger partial charge in [0, 0.05) is 35.5 Å². The lowest BCUT2D eigenvalue weighted by molar-refractivity contribution is 0.467.